The molecule has 1 saturated heterocycles. The number of ether oxygens (including phenoxy) is 2. The summed E-state index contributed by atoms with van der Waals surface area (Å²) in [6.07, 6.45) is 3.81. The minimum Gasteiger partial charge on any atom is -0.383 e. The Morgan fingerprint density at radius 2 is 2.41 bits per heavy atom. The first-order valence-corrected chi connectivity index (χ1v) is 6.10. The molecule has 1 unspecified atom stereocenters. The van der Waals surface area contributed by atoms with Gasteiger partial charge in [0.25, 0.3) is 0 Å². The molecule has 0 spiro atoms. The van der Waals surface area contributed by atoms with Crippen LogP contribution in [-0.4, -0.2) is 57.4 Å². The Morgan fingerprint density at radius 1 is 1.59 bits per heavy atom. The summed E-state index contributed by atoms with van der Waals surface area (Å²) in [6.45, 7) is 2.88. The van der Waals surface area contributed by atoms with Crippen LogP contribution in [0.4, 0.5) is 0 Å². The number of aliphatic imine (C=N–C) groups is 1. The van der Waals surface area contributed by atoms with Crippen LogP contribution in [0.1, 0.15) is 19.3 Å². The molecule has 1 aliphatic heterocycles. The summed E-state index contributed by atoms with van der Waals surface area (Å²) in [5, 5.41) is 0. The third kappa shape index (κ3) is 5.34. The van der Waals surface area contributed by atoms with Crippen LogP contribution < -0.4 is 11.3 Å². The molecule has 1 heterocycles. The second-order valence-electron chi connectivity index (χ2n) is 4.21. The maximum absolute atomic E-state index is 5.68. The summed E-state index contributed by atoms with van der Waals surface area (Å²) in [6, 6.07) is 0. The SMILES string of the molecule is COCCN=C(NN)N(C)CC1CCCCO1. The first-order valence-electron chi connectivity index (χ1n) is 6.10. The van der Waals surface area contributed by atoms with Crippen molar-refractivity contribution in [2.75, 3.05) is 40.5 Å². The summed E-state index contributed by atoms with van der Waals surface area (Å²) in [5.41, 5.74) is 2.62. The molecule has 3 N–H and O–H groups in total. The Balaban J connectivity index is 2.36. The molecule has 1 fully saturated rings. The van der Waals surface area contributed by atoms with Crippen LogP contribution in [0, 0.1) is 0 Å². The highest BCUT2D eigenvalue weighted by atomic mass is 16.5. The van der Waals surface area contributed by atoms with E-state index in [2.05, 4.69) is 10.4 Å². The van der Waals surface area contributed by atoms with E-state index < -0.39 is 0 Å². The van der Waals surface area contributed by atoms with E-state index in [1.165, 1.54) is 12.8 Å². The average molecular weight is 244 g/mol. The van der Waals surface area contributed by atoms with Gasteiger partial charge in [-0.3, -0.25) is 5.43 Å². The zero-order valence-corrected chi connectivity index (χ0v) is 10.8. The molecule has 0 aromatic heterocycles. The number of methoxy groups -OCH3 is 1. The maximum Gasteiger partial charge on any atom is 0.208 e. The highest BCUT2D eigenvalue weighted by Gasteiger charge is 2.17. The van der Waals surface area contributed by atoms with Crippen molar-refractivity contribution >= 4 is 5.96 Å². The summed E-state index contributed by atoms with van der Waals surface area (Å²) in [7, 11) is 3.62. The van der Waals surface area contributed by atoms with E-state index in [4.69, 9.17) is 15.3 Å². The lowest BCUT2D eigenvalue weighted by Gasteiger charge is -2.28. The van der Waals surface area contributed by atoms with Crippen molar-refractivity contribution in [2.45, 2.75) is 25.4 Å². The lowest BCUT2D eigenvalue weighted by Crippen LogP contribution is -2.46. The van der Waals surface area contributed by atoms with E-state index in [9.17, 15) is 0 Å². The molecule has 0 aromatic carbocycles. The van der Waals surface area contributed by atoms with Crippen molar-refractivity contribution in [2.24, 2.45) is 10.8 Å². The van der Waals surface area contributed by atoms with Crippen LogP contribution in [0.5, 0.6) is 0 Å². The number of rotatable bonds is 5. The largest absolute Gasteiger partial charge is 0.383 e. The van der Waals surface area contributed by atoms with Crippen molar-refractivity contribution < 1.29 is 9.47 Å². The quantitative estimate of drug-likeness (QED) is 0.233. The Kier molecular flexibility index (Phi) is 6.91. The van der Waals surface area contributed by atoms with Gasteiger partial charge in [-0.1, -0.05) is 0 Å². The summed E-state index contributed by atoms with van der Waals surface area (Å²) >= 11 is 0. The van der Waals surface area contributed by atoms with E-state index in [-0.39, 0.29) is 6.10 Å². The summed E-state index contributed by atoms with van der Waals surface area (Å²) in [5.74, 6) is 6.13. The standard InChI is InChI=1S/C11H24N4O2/c1-15(9-10-5-3-4-7-17-10)11(14-12)13-6-8-16-2/h10H,3-9,12H2,1-2H3,(H,13,14). The van der Waals surface area contributed by atoms with Gasteiger partial charge in [-0.25, -0.2) is 10.8 Å². The molecule has 6 heteroatoms. The average Bonchev–Trinajstić information content (AvgIpc) is 2.36. The molecule has 0 radical (unpaired) electrons. The normalized spacial score (nSPS) is 21.4. The van der Waals surface area contributed by atoms with Gasteiger partial charge < -0.3 is 14.4 Å². The van der Waals surface area contributed by atoms with Crippen LogP contribution in [0.15, 0.2) is 4.99 Å². The molecule has 0 saturated carbocycles. The fraction of sp³-hybridized carbons (Fsp3) is 0.909. The van der Waals surface area contributed by atoms with Gasteiger partial charge in [0, 0.05) is 27.3 Å². The lowest BCUT2D eigenvalue weighted by molar-refractivity contribution is 0.00674. The molecular weight excluding hydrogens is 220 g/mol. The zero-order valence-electron chi connectivity index (χ0n) is 10.8. The first kappa shape index (κ1) is 14.2. The minimum absolute atomic E-state index is 0.287. The lowest BCUT2D eigenvalue weighted by atomic mass is 10.1. The third-order valence-electron chi connectivity index (χ3n) is 2.80. The van der Waals surface area contributed by atoms with Crippen molar-refractivity contribution in [3.8, 4) is 0 Å². The third-order valence-corrected chi connectivity index (χ3v) is 2.80. The smallest absolute Gasteiger partial charge is 0.208 e. The zero-order chi connectivity index (χ0) is 12.5. The Hall–Kier alpha value is -0.850. The number of hydrazine groups is 1. The van der Waals surface area contributed by atoms with Gasteiger partial charge in [0.2, 0.25) is 5.96 Å². The Labute approximate surface area is 103 Å². The molecular formula is C11H24N4O2. The first-order chi connectivity index (χ1) is 8.27. The molecule has 1 atom stereocenters. The Morgan fingerprint density at radius 3 is 3.00 bits per heavy atom. The molecule has 1 aliphatic rings. The van der Waals surface area contributed by atoms with Crippen LogP contribution in [0.2, 0.25) is 0 Å². The van der Waals surface area contributed by atoms with Gasteiger partial charge in [-0.05, 0) is 19.3 Å². The molecule has 6 nitrogen and oxygen atoms in total. The number of guanidine groups is 1. The monoisotopic (exact) mass is 244 g/mol. The highest BCUT2D eigenvalue weighted by Crippen LogP contribution is 2.13. The van der Waals surface area contributed by atoms with Gasteiger partial charge in [0.05, 0.1) is 19.3 Å². The number of nitrogens with one attached hydrogen (secondary N) is 1. The van der Waals surface area contributed by atoms with Crippen LogP contribution in [-0.2, 0) is 9.47 Å². The van der Waals surface area contributed by atoms with Gasteiger partial charge in [-0.15, -0.1) is 0 Å². The number of likely N-dealkylation sites (N-methyl/N-ethyl adjacent to an activating group) is 1. The van der Waals surface area contributed by atoms with Crippen LogP contribution >= 0.6 is 0 Å². The van der Waals surface area contributed by atoms with Crippen molar-refractivity contribution in [3.63, 3.8) is 0 Å². The fourth-order valence-electron chi connectivity index (χ4n) is 1.86. The number of nitrogens with two attached hydrogens (primary N) is 1. The van der Waals surface area contributed by atoms with Crippen molar-refractivity contribution in [1.82, 2.24) is 10.3 Å². The van der Waals surface area contributed by atoms with E-state index in [1.54, 1.807) is 7.11 Å². The van der Waals surface area contributed by atoms with E-state index in [1.807, 2.05) is 11.9 Å². The predicted octanol–water partition coefficient (Wildman–Crippen LogP) is -0.0470. The van der Waals surface area contributed by atoms with Gasteiger partial charge >= 0.3 is 0 Å². The predicted molar refractivity (Wildman–Crippen MR) is 67.7 cm³/mol. The van der Waals surface area contributed by atoms with E-state index >= 15 is 0 Å². The van der Waals surface area contributed by atoms with Crippen molar-refractivity contribution in [3.05, 3.63) is 0 Å². The molecule has 0 bridgehead atoms. The number of hydrogen-bond donors (Lipinski definition) is 2. The topological polar surface area (TPSA) is 72.1 Å². The van der Waals surface area contributed by atoms with E-state index in [0.29, 0.717) is 19.1 Å². The fourth-order valence-corrected chi connectivity index (χ4v) is 1.86. The summed E-state index contributed by atoms with van der Waals surface area (Å²) < 4.78 is 10.6. The van der Waals surface area contributed by atoms with Crippen molar-refractivity contribution in [1.29, 1.82) is 0 Å². The minimum atomic E-state index is 0.287. The van der Waals surface area contributed by atoms with E-state index in [0.717, 1.165) is 19.6 Å². The number of nitrogens with zero attached hydrogens (tertiary/aromatic N) is 2. The van der Waals surface area contributed by atoms with Crippen LogP contribution in [0.3, 0.4) is 0 Å². The highest BCUT2D eigenvalue weighted by molar-refractivity contribution is 5.79. The molecule has 0 aromatic rings. The van der Waals surface area contributed by atoms with Gasteiger partial charge in [0.1, 0.15) is 0 Å². The molecule has 0 amide bonds. The second-order valence-corrected chi connectivity index (χ2v) is 4.21. The summed E-state index contributed by atoms with van der Waals surface area (Å²) in [4.78, 5) is 6.31. The van der Waals surface area contributed by atoms with Gasteiger partial charge in [-0.2, -0.15) is 0 Å². The molecule has 100 valence electrons. The molecule has 17 heavy (non-hydrogen) atoms. The maximum atomic E-state index is 5.68. The molecule has 0 aliphatic carbocycles. The van der Waals surface area contributed by atoms with Crippen LogP contribution in [0.25, 0.3) is 0 Å². The Bertz CT molecular complexity index is 230. The van der Waals surface area contributed by atoms with Gasteiger partial charge in [0.15, 0.2) is 0 Å². The molecule has 1 rings (SSSR count). The number of hydrogen-bond acceptors (Lipinski definition) is 4. The second kappa shape index (κ2) is 8.27.